The average Bonchev–Trinajstić information content (AvgIpc) is 2.36. The van der Waals surface area contributed by atoms with E-state index in [1.807, 2.05) is 0 Å². The number of nitro groups is 1. The lowest BCUT2D eigenvalue weighted by molar-refractivity contribution is -0.385. The highest BCUT2D eigenvalue weighted by atomic mass is 16.6. The molecule has 0 saturated heterocycles. The molecule has 1 amide bonds. The van der Waals surface area contributed by atoms with Crippen molar-refractivity contribution in [3.05, 3.63) is 39.4 Å². The van der Waals surface area contributed by atoms with Crippen LogP contribution in [-0.2, 0) is 0 Å². The van der Waals surface area contributed by atoms with Gasteiger partial charge in [-0.2, -0.15) is 5.26 Å². The van der Waals surface area contributed by atoms with Crippen LogP contribution in [0.3, 0.4) is 0 Å². The number of nitrogens with one attached hydrogen (secondary N) is 1. The van der Waals surface area contributed by atoms with Crippen molar-refractivity contribution in [1.82, 2.24) is 5.32 Å². The highest BCUT2D eigenvalue weighted by molar-refractivity contribution is 5.95. The molecular formula is C13H15N3O3. The molecule has 0 atom stereocenters. The highest BCUT2D eigenvalue weighted by Crippen LogP contribution is 2.19. The number of carbonyl (C=O) groups excluding carboxylic acids is 1. The smallest absolute Gasteiger partial charge is 0.273 e. The lowest BCUT2D eigenvalue weighted by atomic mass is 9.96. The van der Waals surface area contributed by atoms with Crippen molar-refractivity contribution in [2.45, 2.75) is 20.8 Å². The lowest BCUT2D eigenvalue weighted by Crippen LogP contribution is -2.33. The van der Waals surface area contributed by atoms with E-state index in [1.165, 1.54) is 18.2 Å². The number of benzene rings is 1. The van der Waals surface area contributed by atoms with Crippen LogP contribution in [0.5, 0.6) is 0 Å². The minimum atomic E-state index is -0.674. The molecule has 100 valence electrons. The Morgan fingerprint density at radius 2 is 2.16 bits per heavy atom. The fraction of sp³-hybridized carbons (Fsp3) is 0.385. The van der Waals surface area contributed by atoms with Crippen molar-refractivity contribution < 1.29 is 9.72 Å². The number of rotatable bonds is 4. The molecule has 0 bridgehead atoms. The minimum absolute atomic E-state index is 0.0906. The van der Waals surface area contributed by atoms with Crippen molar-refractivity contribution in [3.63, 3.8) is 0 Å². The maximum absolute atomic E-state index is 11.9. The van der Waals surface area contributed by atoms with E-state index in [-0.39, 0.29) is 17.8 Å². The number of hydrogen-bond acceptors (Lipinski definition) is 4. The van der Waals surface area contributed by atoms with Gasteiger partial charge in [-0.3, -0.25) is 14.9 Å². The fourth-order valence-electron chi connectivity index (χ4n) is 1.39. The van der Waals surface area contributed by atoms with Crippen molar-refractivity contribution in [3.8, 4) is 6.07 Å². The summed E-state index contributed by atoms with van der Waals surface area (Å²) < 4.78 is 0. The van der Waals surface area contributed by atoms with Crippen molar-refractivity contribution >= 4 is 11.6 Å². The van der Waals surface area contributed by atoms with E-state index < -0.39 is 16.2 Å². The number of carbonyl (C=O) groups is 1. The van der Waals surface area contributed by atoms with Gasteiger partial charge in [0.2, 0.25) is 0 Å². The molecular weight excluding hydrogens is 246 g/mol. The van der Waals surface area contributed by atoms with Crippen LogP contribution in [0.4, 0.5) is 5.69 Å². The van der Waals surface area contributed by atoms with Crippen LogP contribution in [0.1, 0.15) is 29.8 Å². The van der Waals surface area contributed by atoms with Crippen LogP contribution < -0.4 is 5.32 Å². The first kappa shape index (κ1) is 14.6. The molecule has 1 rings (SSSR count). The Kier molecular flexibility index (Phi) is 4.22. The molecule has 0 aromatic heterocycles. The van der Waals surface area contributed by atoms with Gasteiger partial charge in [-0.25, -0.2) is 0 Å². The van der Waals surface area contributed by atoms with Gasteiger partial charge in [0, 0.05) is 23.7 Å². The summed E-state index contributed by atoms with van der Waals surface area (Å²) in [5.41, 5.74) is -0.0520. The molecule has 19 heavy (non-hydrogen) atoms. The lowest BCUT2D eigenvalue weighted by Gasteiger charge is -2.15. The second kappa shape index (κ2) is 5.48. The zero-order chi connectivity index (χ0) is 14.6. The second-order valence-corrected chi connectivity index (χ2v) is 4.94. The molecule has 0 fully saturated rings. The maximum atomic E-state index is 11.9. The van der Waals surface area contributed by atoms with Crippen molar-refractivity contribution in [2.75, 3.05) is 6.54 Å². The predicted octanol–water partition coefficient (Wildman–Crippen LogP) is 2.18. The van der Waals surface area contributed by atoms with Gasteiger partial charge in [0.25, 0.3) is 11.6 Å². The molecule has 0 unspecified atom stereocenters. The topological polar surface area (TPSA) is 96.0 Å². The summed E-state index contributed by atoms with van der Waals surface area (Å²) in [4.78, 5) is 22.1. The van der Waals surface area contributed by atoms with Crippen molar-refractivity contribution in [1.29, 1.82) is 5.26 Å². The normalized spacial score (nSPS) is 10.6. The summed E-state index contributed by atoms with van der Waals surface area (Å²) in [6, 6.07) is 6.36. The number of aryl methyl sites for hydroxylation is 1. The standard InChI is InChI=1S/C13H15N3O3/c1-9-4-5-10(6-11(9)16(18)19)12(17)15-8-13(2,3)7-14/h4-6H,8H2,1-3H3,(H,15,17). The first-order valence-corrected chi connectivity index (χ1v) is 5.71. The van der Waals surface area contributed by atoms with Gasteiger partial charge in [0.1, 0.15) is 0 Å². The van der Waals surface area contributed by atoms with Crippen molar-refractivity contribution in [2.24, 2.45) is 5.41 Å². The monoisotopic (exact) mass is 261 g/mol. The van der Waals surface area contributed by atoms with Crippen LogP contribution in [0.2, 0.25) is 0 Å². The van der Waals surface area contributed by atoms with E-state index in [2.05, 4.69) is 11.4 Å². The molecule has 1 aromatic carbocycles. The third-order valence-corrected chi connectivity index (χ3v) is 2.66. The molecule has 0 aliphatic rings. The summed E-state index contributed by atoms with van der Waals surface area (Å²) in [7, 11) is 0. The summed E-state index contributed by atoms with van der Waals surface area (Å²) in [6.07, 6.45) is 0. The van der Waals surface area contributed by atoms with Gasteiger partial charge in [-0.1, -0.05) is 6.07 Å². The van der Waals surface area contributed by atoms with E-state index in [0.717, 1.165) is 0 Å². The largest absolute Gasteiger partial charge is 0.350 e. The molecule has 6 nitrogen and oxygen atoms in total. The third-order valence-electron chi connectivity index (χ3n) is 2.66. The molecule has 0 aliphatic carbocycles. The Bertz CT molecular complexity index is 559. The van der Waals surface area contributed by atoms with Crippen LogP contribution in [-0.4, -0.2) is 17.4 Å². The number of nitrogens with zero attached hydrogens (tertiary/aromatic N) is 2. The zero-order valence-corrected chi connectivity index (χ0v) is 11.1. The predicted molar refractivity (Wildman–Crippen MR) is 69.6 cm³/mol. The van der Waals surface area contributed by atoms with Gasteiger partial charge < -0.3 is 5.32 Å². The second-order valence-electron chi connectivity index (χ2n) is 4.94. The third kappa shape index (κ3) is 3.78. The average molecular weight is 261 g/mol. The Labute approximate surface area is 111 Å². The SMILES string of the molecule is Cc1ccc(C(=O)NCC(C)(C)C#N)cc1[N+](=O)[O-]. The van der Waals surface area contributed by atoms with Gasteiger partial charge in [0.15, 0.2) is 0 Å². The molecule has 1 aromatic rings. The number of nitriles is 1. The fourth-order valence-corrected chi connectivity index (χ4v) is 1.39. The molecule has 0 saturated carbocycles. The minimum Gasteiger partial charge on any atom is -0.350 e. The molecule has 0 radical (unpaired) electrons. The highest BCUT2D eigenvalue weighted by Gasteiger charge is 2.19. The van der Waals surface area contributed by atoms with Crippen LogP contribution in [0.15, 0.2) is 18.2 Å². The van der Waals surface area contributed by atoms with E-state index >= 15 is 0 Å². The van der Waals surface area contributed by atoms with E-state index in [1.54, 1.807) is 20.8 Å². The van der Waals surface area contributed by atoms with Gasteiger partial charge >= 0.3 is 0 Å². The quantitative estimate of drug-likeness (QED) is 0.663. The molecule has 1 N–H and O–H groups in total. The maximum Gasteiger partial charge on any atom is 0.273 e. The van der Waals surface area contributed by atoms with E-state index in [0.29, 0.717) is 5.56 Å². The first-order chi connectivity index (χ1) is 8.76. The summed E-state index contributed by atoms with van der Waals surface area (Å²) >= 11 is 0. The number of amides is 1. The Morgan fingerprint density at radius 1 is 1.53 bits per heavy atom. The Balaban J connectivity index is 2.87. The van der Waals surface area contributed by atoms with Crippen LogP contribution in [0.25, 0.3) is 0 Å². The van der Waals surface area contributed by atoms with Gasteiger partial charge in [-0.05, 0) is 26.8 Å². The van der Waals surface area contributed by atoms with E-state index in [9.17, 15) is 14.9 Å². The van der Waals surface area contributed by atoms with Gasteiger partial charge in [0.05, 0.1) is 16.4 Å². The first-order valence-electron chi connectivity index (χ1n) is 5.71. The van der Waals surface area contributed by atoms with Gasteiger partial charge in [-0.15, -0.1) is 0 Å². The summed E-state index contributed by atoms with van der Waals surface area (Å²) in [5, 5.41) is 22.2. The summed E-state index contributed by atoms with van der Waals surface area (Å²) in [5.74, 6) is -0.425. The molecule has 0 spiro atoms. The molecule has 0 aliphatic heterocycles. The van der Waals surface area contributed by atoms with E-state index in [4.69, 9.17) is 5.26 Å². The molecule has 6 heteroatoms. The zero-order valence-electron chi connectivity index (χ0n) is 11.1. The summed E-state index contributed by atoms with van der Waals surface area (Å²) in [6.45, 7) is 5.19. The van der Waals surface area contributed by atoms with Crippen LogP contribution >= 0.6 is 0 Å². The Morgan fingerprint density at radius 3 is 2.68 bits per heavy atom. The number of hydrogen-bond donors (Lipinski definition) is 1. The van der Waals surface area contributed by atoms with Crippen LogP contribution in [0, 0.1) is 33.8 Å². The Hall–Kier alpha value is -2.42. The molecule has 0 heterocycles. The number of nitro benzene ring substituents is 1.